The molecule has 7 heteroatoms. The van der Waals surface area contributed by atoms with Gasteiger partial charge in [0, 0.05) is 23.2 Å². The van der Waals surface area contributed by atoms with E-state index in [4.69, 9.17) is 16.1 Å². The molecule has 122 valence electrons. The Bertz CT molecular complexity index is 699. The molecule has 0 atom stereocenters. The van der Waals surface area contributed by atoms with Gasteiger partial charge in [-0.3, -0.25) is 9.59 Å². The molecule has 0 aliphatic rings. The molecule has 1 aromatic carbocycles. The maximum atomic E-state index is 12.5. The fraction of sp³-hybridized carbons (Fsp3) is 0.312. The highest BCUT2D eigenvalue weighted by Crippen LogP contribution is 2.13. The van der Waals surface area contributed by atoms with Gasteiger partial charge in [0.25, 0.3) is 5.91 Å². The van der Waals surface area contributed by atoms with Crippen LogP contribution in [0.1, 0.15) is 29.5 Å². The van der Waals surface area contributed by atoms with Crippen LogP contribution < -0.4 is 5.32 Å². The number of nitrogens with one attached hydrogen (secondary N) is 1. The first-order chi connectivity index (χ1) is 11.0. The Hall–Kier alpha value is -2.34. The number of hydrogen-bond acceptors (Lipinski definition) is 4. The molecular weight excluding hydrogens is 318 g/mol. The third-order valence-corrected chi connectivity index (χ3v) is 3.32. The molecule has 2 rings (SSSR count). The summed E-state index contributed by atoms with van der Waals surface area (Å²) >= 11 is 5.92. The van der Waals surface area contributed by atoms with Gasteiger partial charge in [0.05, 0.1) is 0 Å². The fourth-order valence-electron chi connectivity index (χ4n) is 2.11. The minimum absolute atomic E-state index is 0.0644. The van der Waals surface area contributed by atoms with Gasteiger partial charge in [-0.25, -0.2) is 0 Å². The van der Waals surface area contributed by atoms with E-state index in [-0.39, 0.29) is 18.4 Å². The van der Waals surface area contributed by atoms with E-state index in [2.05, 4.69) is 10.5 Å². The summed E-state index contributed by atoms with van der Waals surface area (Å²) in [5.74, 6) is 0.364. The number of carbonyl (C=O) groups is 2. The van der Waals surface area contributed by atoms with Gasteiger partial charge in [0.2, 0.25) is 5.91 Å². The number of carbonyl (C=O) groups excluding carboxylic acids is 2. The van der Waals surface area contributed by atoms with Crippen LogP contribution in [0.4, 0.5) is 5.82 Å². The minimum atomic E-state index is -0.331. The van der Waals surface area contributed by atoms with Gasteiger partial charge < -0.3 is 14.7 Å². The normalized spacial score (nSPS) is 10.4. The lowest BCUT2D eigenvalue weighted by Crippen LogP contribution is -2.38. The maximum absolute atomic E-state index is 12.5. The molecule has 0 aliphatic carbocycles. The summed E-state index contributed by atoms with van der Waals surface area (Å²) in [5.41, 5.74) is 0.455. The molecule has 1 heterocycles. The van der Waals surface area contributed by atoms with Crippen LogP contribution in [0, 0.1) is 6.92 Å². The average Bonchev–Trinajstić information content (AvgIpc) is 2.91. The first kappa shape index (κ1) is 17.0. The lowest BCUT2D eigenvalue weighted by Gasteiger charge is -2.21. The number of nitrogens with zero attached hydrogens (tertiary/aromatic N) is 2. The molecule has 0 bridgehead atoms. The van der Waals surface area contributed by atoms with Crippen molar-refractivity contribution in [1.29, 1.82) is 0 Å². The summed E-state index contributed by atoms with van der Waals surface area (Å²) in [6, 6.07) is 8.28. The Morgan fingerprint density at radius 3 is 2.74 bits per heavy atom. The number of anilines is 1. The van der Waals surface area contributed by atoms with E-state index in [1.54, 1.807) is 37.3 Å². The van der Waals surface area contributed by atoms with E-state index in [1.807, 2.05) is 6.92 Å². The zero-order valence-electron chi connectivity index (χ0n) is 13.0. The van der Waals surface area contributed by atoms with Crippen LogP contribution in [-0.2, 0) is 4.79 Å². The Balaban J connectivity index is 2.05. The van der Waals surface area contributed by atoms with Crippen LogP contribution in [0.15, 0.2) is 34.9 Å². The molecule has 0 spiro atoms. The van der Waals surface area contributed by atoms with Crippen molar-refractivity contribution in [3.63, 3.8) is 0 Å². The molecule has 0 saturated carbocycles. The van der Waals surface area contributed by atoms with Crippen LogP contribution >= 0.6 is 11.6 Å². The van der Waals surface area contributed by atoms with Gasteiger partial charge in [0.1, 0.15) is 12.3 Å². The summed E-state index contributed by atoms with van der Waals surface area (Å²) in [4.78, 5) is 26.1. The summed E-state index contributed by atoms with van der Waals surface area (Å²) in [7, 11) is 0. The standard InChI is InChI=1S/C16H18ClN3O3/c1-3-7-20(16(22)12-5-4-6-13(17)9-12)10-15(21)18-14-8-11(2)23-19-14/h4-6,8-9H,3,7,10H2,1-2H3,(H,18,19,21). The van der Waals surface area contributed by atoms with Gasteiger partial charge in [-0.1, -0.05) is 29.7 Å². The number of amides is 2. The number of aromatic nitrogens is 1. The molecule has 6 nitrogen and oxygen atoms in total. The van der Waals surface area contributed by atoms with Gasteiger partial charge in [0.15, 0.2) is 5.82 Å². The van der Waals surface area contributed by atoms with Crippen LogP contribution in [-0.4, -0.2) is 35.0 Å². The molecule has 0 aliphatic heterocycles. The number of benzene rings is 1. The van der Waals surface area contributed by atoms with Crippen molar-refractivity contribution >= 4 is 29.2 Å². The summed E-state index contributed by atoms with van der Waals surface area (Å²) in [6.07, 6.45) is 0.739. The first-order valence-electron chi connectivity index (χ1n) is 7.27. The zero-order valence-corrected chi connectivity index (χ0v) is 13.8. The molecule has 0 saturated heterocycles. The number of rotatable bonds is 6. The summed E-state index contributed by atoms with van der Waals surface area (Å²) < 4.78 is 4.89. The van der Waals surface area contributed by atoms with Crippen molar-refractivity contribution in [2.24, 2.45) is 0 Å². The summed E-state index contributed by atoms with van der Waals surface area (Å²) in [6.45, 7) is 4.08. The van der Waals surface area contributed by atoms with Crippen LogP contribution in [0.3, 0.4) is 0 Å². The fourth-order valence-corrected chi connectivity index (χ4v) is 2.30. The van der Waals surface area contributed by atoms with E-state index < -0.39 is 0 Å². The smallest absolute Gasteiger partial charge is 0.254 e. The third kappa shape index (κ3) is 4.82. The Kier molecular flexibility index (Phi) is 5.76. The van der Waals surface area contributed by atoms with Gasteiger partial charge in [-0.05, 0) is 31.5 Å². The second-order valence-corrected chi connectivity index (χ2v) is 5.54. The van der Waals surface area contributed by atoms with Crippen LogP contribution in [0.2, 0.25) is 5.02 Å². The van der Waals surface area contributed by atoms with E-state index in [0.717, 1.165) is 6.42 Å². The molecule has 1 aromatic heterocycles. The molecule has 23 heavy (non-hydrogen) atoms. The van der Waals surface area contributed by atoms with Crippen molar-refractivity contribution < 1.29 is 14.1 Å². The van der Waals surface area contributed by atoms with Crippen molar-refractivity contribution in [3.05, 3.63) is 46.7 Å². The molecular formula is C16H18ClN3O3. The molecule has 2 aromatic rings. The van der Waals surface area contributed by atoms with Crippen molar-refractivity contribution in [2.75, 3.05) is 18.4 Å². The number of hydrogen-bond donors (Lipinski definition) is 1. The topological polar surface area (TPSA) is 75.4 Å². The van der Waals surface area contributed by atoms with Crippen molar-refractivity contribution in [3.8, 4) is 0 Å². The Labute approximate surface area is 139 Å². The molecule has 0 unspecified atom stereocenters. The lowest BCUT2D eigenvalue weighted by atomic mass is 10.2. The van der Waals surface area contributed by atoms with Gasteiger partial charge >= 0.3 is 0 Å². The zero-order chi connectivity index (χ0) is 16.8. The van der Waals surface area contributed by atoms with E-state index in [9.17, 15) is 9.59 Å². The Morgan fingerprint density at radius 2 is 2.13 bits per heavy atom. The molecule has 1 N–H and O–H groups in total. The van der Waals surface area contributed by atoms with E-state index in [1.165, 1.54) is 4.90 Å². The predicted octanol–water partition coefficient (Wildman–Crippen LogP) is 3.13. The van der Waals surface area contributed by atoms with E-state index >= 15 is 0 Å². The van der Waals surface area contributed by atoms with Crippen molar-refractivity contribution in [1.82, 2.24) is 10.1 Å². The SMILES string of the molecule is CCCN(CC(=O)Nc1cc(C)on1)C(=O)c1cccc(Cl)c1. The lowest BCUT2D eigenvalue weighted by molar-refractivity contribution is -0.116. The maximum Gasteiger partial charge on any atom is 0.254 e. The highest BCUT2D eigenvalue weighted by Gasteiger charge is 2.19. The van der Waals surface area contributed by atoms with E-state index in [0.29, 0.717) is 28.7 Å². The summed E-state index contributed by atoms with van der Waals surface area (Å²) in [5, 5.41) is 6.78. The van der Waals surface area contributed by atoms with Crippen LogP contribution in [0.5, 0.6) is 0 Å². The second-order valence-electron chi connectivity index (χ2n) is 5.11. The van der Waals surface area contributed by atoms with Crippen molar-refractivity contribution in [2.45, 2.75) is 20.3 Å². The average molecular weight is 336 g/mol. The quantitative estimate of drug-likeness (QED) is 0.880. The highest BCUT2D eigenvalue weighted by atomic mass is 35.5. The first-order valence-corrected chi connectivity index (χ1v) is 7.65. The minimum Gasteiger partial charge on any atom is -0.360 e. The van der Waals surface area contributed by atoms with Gasteiger partial charge in [-0.15, -0.1) is 0 Å². The molecule has 0 fully saturated rings. The number of halogens is 1. The molecule has 2 amide bonds. The predicted molar refractivity (Wildman–Crippen MR) is 87.5 cm³/mol. The second kappa shape index (κ2) is 7.78. The molecule has 0 radical (unpaired) electrons. The number of aryl methyl sites for hydroxylation is 1. The monoisotopic (exact) mass is 335 g/mol. The van der Waals surface area contributed by atoms with Crippen LogP contribution in [0.25, 0.3) is 0 Å². The largest absolute Gasteiger partial charge is 0.360 e. The van der Waals surface area contributed by atoms with Gasteiger partial charge in [-0.2, -0.15) is 0 Å². The highest BCUT2D eigenvalue weighted by molar-refractivity contribution is 6.31. The Morgan fingerprint density at radius 1 is 1.35 bits per heavy atom. The third-order valence-electron chi connectivity index (χ3n) is 3.08.